The summed E-state index contributed by atoms with van der Waals surface area (Å²) in [6.45, 7) is 0. The van der Waals surface area contributed by atoms with Crippen LogP contribution in [0.2, 0.25) is 0 Å². The summed E-state index contributed by atoms with van der Waals surface area (Å²) in [5, 5.41) is 10.1. The van der Waals surface area contributed by atoms with Crippen molar-refractivity contribution >= 4 is 27.0 Å². The number of nitrogens with one attached hydrogen (secondary N) is 1. The Balaban J connectivity index is 2.36. The maximum atomic E-state index is 9.08. The summed E-state index contributed by atoms with van der Waals surface area (Å²) in [5.41, 5.74) is 3.18. The van der Waals surface area contributed by atoms with E-state index in [9.17, 15) is 0 Å². The Kier molecular flexibility index (Phi) is 3.17. The van der Waals surface area contributed by atoms with Gasteiger partial charge in [0.2, 0.25) is 0 Å². The number of fused-ring (bicyclic) bond motifs is 1. The van der Waals surface area contributed by atoms with Crippen LogP contribution in [0.1, 0.15) is 5.56 Å². The number of pyridine rings is 1. The van der Waals surface area contributed by atoms with Gasteiger partial charge in [0.15, 0.2) is 0 Å². The normalized spacial score (nSPS) is 10.4. The zero-order valence-corrected chi connectivity index (χ0v) is 12.2. The SMILES string of the molecule is COc1ccc(C#N)cc1-c1c(Br)[nH]c2ncccc12. The highest BCUT2D eigenvalue weighted by atomic mass is 79.9. The van der Waals surface area contributed by atoms with Gasteiger partial charge in [0.1, 0.15) is 11.4 Å². The lowest BCUT2D eigenvalue weighted by Gasteiger charge is -2.08. The molecule has 0 unspecified atom stereocenters. The minimum Gasteiger partial charge on any atom is -0.496 e. The minimum absolute atomic E-state index is 0.589. The number of methoxy groups -OCH3 is 1. The third-order valence-electron chi connectivity index (χ3n) is 3.12. The van der Waals surface area contributed by atoms with Crippen LogP contribution in [0.4, 0.5) is 0 Å². The van der Waals surface area contributed by atoms with Crippen molar-refractivity contribution in [2.75, 3.05) is 7.11 Å². The summed E-state index contributed by atoms with van der Waals surface area (Å²) < 4.78 is 6.23. The van der Waals surface area contributed by atoms with Gasteiger partial charge in [-0.15, -0.1) is 0 Å². The molecule has 0 amide bonds. The number of hydrogen-bond acceptors (Lipinski definition) is 3. The number of hydrogen-bond donors (Lipinski definition) is 1. The summed E-state index contributed by atoms with van der Waals surface area (Å²) in [6.07, 6.45) is 1.73. The van der Waals surface area contributed by atoms with Crippen LogP contribution >= 0.6 is 15.9 Å². The van der Waals surface area contributed by atoms with Crippen LogP contribution in [0.3, 0.4) is 0 Å². The van der Waals surface area contributed by atoms with Crippen molar-refractivity contribution in [2.45, 2.75) is 0 Å². The highest BCUT2D eigenvalue weighted by Crippen LogP contribution is 2.40. The second kappa shape index (κ2) is 4.99. The molecule has 3 aromatic rings. The molecule has 0 bridgehead atoms. The second-order valence-corrected chi connectivity index (χ2v) is 5.03. The lowest BCUT2D eigenvalue weighted by atomic mass is 10.0. The van der Waals surface area contributed by atoms with Crippen molar-refractivity contribution in [3.63, 3.8) is 0 Å². The average molecular weight is 328 g/mol. The van der Waals surface area contributed by atoms with Crippen molar-refractivity contribution in [3.8, 4) is 22.9 Å². The van der Waals surface area contributed by atoms with E-state index in [1.807, 2.05) is 18.2 Å². The lowest BCUT2D eigenvalue weighted by molar-refractivity contribution is 0.416. The molecule has 0 aliphatic carbocycles. The molecule has 1 aromatic carbocycles. The molecule has 0 saturated carbocycles. The van der Waals surface area contributed by atoms with Gasteiger partial charge >= 0.3 is 0 Å². The predicted molar refractivity (Wildman–Crippen MR) is 80.5 cm³/mol. The quantitative estimate of drug-likeness (QED) is 0.777. The zero-order valence-electron chi connectivity index (χ0n) is 10.6. The summed E-state index contributed by atoms with van der Waals surface area (Å²) in [7, 11) is 1.62. The molecule has 2 aromatic heterocycles. The first-order chi connectivity index (χ1) is 9.74. The van der Waals surface area contributed by atoms with E-state index in [1.165, 1.54) is 0 Å². The van der Waals surface area contributed by atoms with E-state index in [0.717, 1.165) is 32.5 Å². The topological polar surface area (TPSA) is 61.7 Å². The van der Waals surface area contributed by atoms with Gasteiger partial charge in [0, 0.05) is 22.7 Å². The summed E-state index contributed by atoms with van der Waals surface area (Å²) in [5.74, 6) is 0.717. The maximum absolute atomic E-state index is 9.08. The van der Waals surface area contributed by atoms with Gasteiger partial charge in [-0.25, -0.2) is 4.98 Å². The van der Waals surface area contributed by atoms with Crippen molar-refractivity contribution < 1.29 is 4.74 Å². The lowest BCUT2D eigenvalue weighted by Crippen LogP contribution is -1.89. The van der Waals surface area contributed by atoms with Crippen molar-refractivity contribution in [1.82, 2.24) is 9.97 Å². The molecular formula is C15H10BrN3O. The smallest absolute Gasteiger partial charge is 0.138 e. The Bertz CT molecular complexity index is 833. The molecule has 5 heteroatoms. The van der Waals surface area contributed by atoms with Gasteiger partial charge in [0.25, 0.3) is 0 Å². The van der Waals surface area contributed by atoms with E-state index >= 15 is 0 Å². The van der Waals surface area contributed by atoms with Crippen LogP contribution in [0.25, 0.3) is 22.2 Å². The second-order valence-electron chi connectivity index (χ2n) is 4.24. The molecule has 98 valence electrons. The molecule has 0 spiro atoms. The Labute approximate surface area is 124 Å². The van der Waals surface area contributed by atoms with Crippen LogP contribution < -0.4 is 4.74 Å². The molecule has 3 rings (SSSR count). The molecule has 0 aliphatic rings. The molecule has 1 N–H and O–H groups in total. The first-order valence-electron chi connectivity index (χ1n) is 5.95. The van der Waals surface area contributed by atoms with E-state index in [0.29, 0.717) is 5.56 Å². The molecular weight excluding hydrogens is 318 g/mol. The Morgan fingerprint density at radius 1 is 1.35 bits per heavy atom. The number of ether oxygens (including phenoxy) is 1. The van der Waals surface area contributed by atoms with Crippen LogP contribution in [0, 0.1) is 11.3 Å². The Morgan fingerprint density at radius 3 is 2.95 bits per heavy atom. The molecule has 0 fully saturated rings. The summed E-state index contributed by atoms with van der Waals surface area (Å²) >= 11 is 3.52. The Hall–Kier alpha value is -2.32. The van der Waals surface area contributed by atoms with Gasteiger partial charge in [0.05, 0.1) is 23.3 Å². The number of nitrogens with zero attached hydrogens (tertiary/aromatic N) is 2. The summed E-state index contributed by atoms with van der Waals surface area (Å²) in [6, 6.07) is 11.4. The highest BCUT2D eigenvalue weighted by molar-refractivity contribution is 9.10. The molecule has 0 radical (unpaired) electrons. The molecule has 0 saturated heterocycles. The Morgan fingerprint density at radius 2 is 2.20 bits per heavy atom. The number of aromatic amines is 1. The fourth-order valence-electron chi connectivity index (χ4n) is 2.23. The number of halogens is 1. The van der Waals surface area contributed by atoms with E-state index < -0.39 is 0 Å². The van der Waals surface area contributed by atoms with Crippen molar-refractivity contribution in [1.29, 1.82) is 5.26 Å². The van der Waals surface area contributed by atoms with Crippen LogP contribution in [-0.4, -0.2) is 17.1 Å². The van der Waals surface area contributed by atoms with Crippen molar-refractivity contribution in [3.05, 3.63) is 46.7 Å². The van der Waals surface area contributed by atoms with Crippen LogP contribution in [-0.2, 0) is 0 Å². The van der Waals surface area contributed by atoms with Gasteiger partial charge < -0.3 is 9.72 Å². The number of nitriles is 1. The first-order valence-corrected chi connectivity index (χ1v) is 6.74. The fourth-order valence-corrected chi connectivity index (χ4v) is 2.84. The van der Waals surface area contributed by atoms with Crippen LogP contribution in [0.15, 0.2) is 41.1 Å². The third-order valence-corrected chi connectivity index (χ3v) is 3.72. The number of H-pyrrole nitrogens is 1. The monoisotopic (exact) mass is 327 g/mol. The average Bonchev–Trinajstić information content (AvgIpc) is 2.82. The maximum Gasteiger partial charge on any atom is 0.138 e. The van der Waals surface area contributed by atoms with Crippen molar-refractivity contribution in [2.24, 2.45) is 0 Å². The number of rotatable bonds is 2. The first kappa shape index (κ1) is 12.7. The summed E-state index contributed by atoms with van der Waals surface area (Å²) in [4.78, 5) is 7.48. The molecule has 0 atom stereocenters. The van der Waals surface area contributed by atoms with E-state index in [1.54, 1.807) is 25.4 Å². The van der Waals surface area contributed by atoms with Gasteiger partial charge in [-0.05, 0) is 46.3 Å². The zero-order chi connectivity index (χ0) is 14.1. The minimum atomic E-state index is 0.589. The molecule has 20 heavy (non-hydrogen) atoms. The fraction of sp³-hybridized carbons (Fsp3) is 0.0667. The van der Waals surface area contributed by atoms with Gasteiger partial charge in [-0.3, -0.25) is 0 Å². The molecule has 2 heterocycles. The molecule has 4 nitrogen and oxygen atoms in total. The van der Waals surface area contributed by atoms with E-state index in [-0.39, 0.29) is 0 Å². The van der Waals surface area contributed by atoms with Gasteiger partial charge in [-0.2, -0.15) is 5.26 Å². The largest absolute Gasteiger partial charge is 0.496 e. The standard InChI is InChI=1S/C15H10BrN3O/c1-20-12-5-4-9(8-17)7-11(12)13-10-3-2-6-18-15(10)19-14(13)16/h2-7H,1H3,(H,18,19). The van der Waals surface area contributed by atoms with Crippen LogP contribution in [0.5, 0.6) is 5.75 Å². The third kappa shape index (κ3) is 1.95. The number of benzene rings is 1. The molecule has 0 aliphatic heterocycles. The highest BCUT2D eigenvalue weighted by Gasteiger charge is 2.16. The number of aromatic nitrogens is 2. The van der Waals surface area contributed by atoms with E-state index in [4.69, 9.17) is 10.00 Å². The van der Waals surface area contributed by atoms with Gasteiger partial charge in [-0.1, -0.05) is 0 Å². The predicted octanol–water partition coefficient (Wildman–Crippen LogP) is 3.87. The van der Waals surface area contributed by atoms with E-state index in [2.05, 4.69) is 32.0 Å².